The zero-order valence-electron chi connectivity index (χ0n) is 9.60. The standard InChI is InChI=1S/C12H12ClNO4/c13-10-2-1-8(11(6-10)14(16)17)5-9-7-18-4-3-12(9)15/h1-2,6,9H,3-5,7H2. The zero-order chi connectivity index (χ0) is 13.1. The molecule has 0 N–H and O–H groups in total. The first-order chi connectivity index (χ1) is 8.58. The van der Waals surface area contributed by atoms with E-state index in [-0.39, 0.29) is 17.4 Å². The summed E-state index contributed by atoms with van der Waals surface area (Å²) >= 11 is 5.74. The van der Waals surface area contributed by atoms with E-state index in [1.165, 1.54) is 6.07 Å². The lowest BCUT2D eigenvalue weighted by Gasteiger charge is -2.20. The molecule has 6 heteroatoms. The van der Waals surface area contributed by atoms with Crippen molar-refractivity contribution in [1.82, 2.24) is 0 Å². The van der Waals surface area contributed by atoms with E-state index in [0.717, 1.165) is 0 Å². The van der Waals surface area contributed by atoms with Gasteiger partial charge in [-0.15, -0.1) is 0 Å². The number of carbonyl (C=O) groups is 1. The Kier molecular flexibility index (Phi) is 3.93. The molecule has 0 amide bonds. The second kappa shape index (κ2) is 5.46. The number of Topliss-reactive ketones (excluding diaryl/α,β-unsaturated/α-hetero) is 1. The van der Waals surface area contributed by atoms with Gasteiger partial charge in [-0.3, -0.25) is 14.9 Å². The maximum Gasteiger partial charge on any atom is 0.274 e. The van der Waals surface area contributed by atoms with Gasteiger partial charge in [0.2, 0.25) is 0 Å². The number of nitrogens with zero attached hydrogens (tertiary/aromatic N) is 1. The smallest absolute Gasteiger partial charge is 0.274 e. The van der Waals surface area contributed by atoms with E-state index in [0.29, 0.717) is 36.6 Å². The molecule has 0 aromatic heterocycles. The molecule has 1 aromatic rings. The molecule has 1 aliphatic heterocycles. The largest absolute Gasteiger partial charge is 0.380 e. The molecule has 0 saturated carbocycles. The average molecular weight is 270 g/mol. The van der Waals surface area contributed by atoms with Gasteiger partial charge in [0, 0.05) is 29.0 Å². The minimum absolute atomic E-state index is 0.0409. The first-order valence-corrected chi connectivity index (χ1v) is 5.99. The van der Waals surface area contributed by atoms with Crippen LogP contribution in [0.1, 0.15) is 12.0 Å². The van der Waals surface area contributed by atoms with Crippen LogP contribution in [-0.4, -0.2) is 23.9 Å². The second-order valence-electron chi connectivity index (χ2n) is 4.22. The molecular formula is C12H12ClNO4. The van der Waals surface area contributed by atoms with Gasteiger partial charge < -0.3 is 4.74 Å². The average Bonchev–Trinajstić information content (AvgIpc) is 2.34. The third-order valence-corrected chi connectivity index (χ3v) is 3.21. The van der Waals surface area contributed by atoms with Crippen molar-refractivity contribution in [1.29, 1.82) is 0 Å². The van der Waals surface area contributed by atoms with Crippen molar-refractivity contribution >= 4 is 23.1 Å². The number of benzene rings is 1. The molecule has 2 rings (SSSR count). The maximum absolute atomic E-state index is 11.7. The predicted octanol–water partition coefficient (Wildman–Crippen LogP) is 2.40. The molecule has 0 aliphatic carbocycles. The minimum Gasteiger partial charge on any atom is -0.380 e. The fraction of sp³-hybridized carbons (Fsp3) is 0.417. The number of rotatable bonds is 3. The van der Waals surface area contributed by atoms with E-state index in [4.69, 9.17) is 16.3 Å². The van der Waals surface area contributed by atoms with Crippen LogP contribution in [0.15, 0.2) is 18.2 Å². The Labute approximate surface area is 109 Å². The Balaban J connectivity index is 2.22. The van der Waals surface area contributed by atoms with E-state index in [9.17, 15) is 14.9 Å². The molecular weight excluding hydrogens is 258 g/mol. The van der Waals surface area contributed by atoms with Gasteiger partial charge in [0.25, 0.3) is 5.69 Å². The first-order valence-electron chi connectivity index (χ1n) is 5.61. The summed E-state index contributed by atoms with van der Waals surface area (Å²) in [5.41, 5.74) is 0.481. The molecule has 96 valence electrons. The Hall–Kier alpha value is -1.46. The summed E-state index contributed by atoms with van der Waals surface area (Å²) in [6, 6.07) is 4.51. The third-order valence-electron chi connectivity index (χ3n) is 2.98. The summed E-state index contributed by atoms with van der Waals surface area (Å²) in [4.78, 5) is 22.1. The van der Waals surface area contributed by atoms with Gasteiger partial charge >= 0.3 is 0 Å². The lowest BCUT2D eigenvalue weighted by atomic mass is 9.92. The van der Waals surface area contributed by atoms with Gasteiger partial charge in [-0.05, 0) is 12.5 Å². The predicted molar refractivity (Wildman–Crippen MR) is 65.7 cm³/mol. The van der Waals surface area contributed by atoms with Crippen molar-refractivity contribution in [3.05, 3.63) is 38.9 Å². The molecule has 5 nitrogen and oxygen atoms in total. The molecule has 1 heterocycles. The maximum atomic E-state index is 11.7. The van der Waals surface area contributed by atoms with Crippen LogP contribution in [0, 0.1) is 16.0 Å². The molecule has 18 heavy (non-hydrogen) atoms. The quantitative estimate of drug-likeness (QED) is 0.624. The highest BCUT2D eigenvalue weighted by atomic mass is 35.5. The van der Waals surface area contributed by atoms with Gasteiger partial charge in [-0.2, -0.15) is 0 Å². The van der Waals surface area contributed by atoms with Crippen molar-refractivity contribution < 1.29 is 14.5 Å². The van der Waals surface area contributed by atoms with Gasteiger partial charge in [0.15, 0.2) is 0 Å². The van der Waals surface area contributed by atoms with Gasteiger partial charge in [0.05, 0.1) is 18.1 Å². The lowest BCUT2D eigenvalue weighted by molar-refractivity contribution is -0.385. The van der Waals surface area contributed by atoms with Crippen LogP contribution in [-0.2, 0) is 16.0 Å². The number of ketones is 1. The highest BCUT2D eigenvalue weighted by Crippen LogP contribution is 2.27. The monoisotopic (exact) mass is 269 g/mol. The summed E-state index contributed by atoms with van der Waals surface area (Å²) in [6.45, 7) is 0.774. The zero-order valence-corrected chi connectivity index (χ0v) is 10.4. The van der Waals surface area contributed by atoms with Crippen molar-refractivity contribution in [3.63, 3.8) is 0 Å². The van der Waals surface area contributed by atoms with E-state index >= 15 is 0 Å². The van der Waals surface area contributed by atoms with Crippen LogP contribution < -0.4 is 0 Å². The Morgan fingerprint density at radius 3 is 2.94 bits per heavy atom. The molecule has 1 unspecified atom stereocenters. The number of nitro benzene ring substituents is 1. The summed E-state index contributed by atoms with van der Waals surface area (Å²) in [6.07, 6.45) is 0.707. The molecule has 1 fully saturated rings. The minimum atomic E-state index is -0.477. The van der Waals surface area contributed by atoms with Crippen LogP contribution in [0.2, 0.25) is 5.02 Å². The Morgan fingerprint density at radius 2 is 2.28 bits per heavy atom. The topological polar surface area (TPSA) is 69.4 Å². The number of halogens is 1. The van der Waals surface area contributed by atoms with E-state index in [1.54, 1.807) is 12.1 Å². The second-order valence-corrected chi connectivity index (χ2v) is 4.66. The molecule has 0 bridgehead atoms. The number of nitro groups is 1. The summed E-state index contributed by atoms with van der Waals surface area (Å²) in [5, 5.41) is 11.2. The van der Waals surface area contributed by atoms with Crippen LogP contribution in [0.3, 0.4) is 0 Å². The van der Waals surface area contributed by atoms with E-state index in [1.807, 2.05) is 0 Å². The van der Waals surface area contributed by atoms with Gasteiger partial charge in [-0.1, -0.05) is 17.7 Å². The van der Waals surface area contributed by atoms with Crippen molar-refractivity contribution in [2.75, 3.05) is 13.2 Å². The fourth-order valence-corrected chi connectivity index (χ4v) is 2.18. The van der Waals surface area contributed by atoms with Crippen LogP contribution in [0.25, 0.3) is 0 Å². The molecule has 0 spiro atoms. The Morgan fingerprint density at radius 1 is 1.50 bits per heavy atom. The van der Waals surface area contributed by atoms with Crippen molar-refractivity contribution in [3.8, 4) is 0 Å². The highest BCUT2D eigenvalue weighted by molar-refractivity contribution is 6.30. The summed E-state index contributed by atoms with van der Waals surface area (Å²) in [7, 11) is 0. The third kappa shape index (κ3) is 2.86. The van der Waals surface area contributed by atoms with Crippen LogP contribution >= 0.6 is 11.6 Å². The summed E-state index contributed by atoms with van der Waals surface area (Å²) in [5.74, 6) is -0.191. The fourth-order valence-electron chi connectivity index (χ4n) is 2.01. The van der Waals surface area contributed by atoms with E-state index < -0.39 is 4.92 Å². The van der Waals surface area contributed by atoms with E-state index in [2.05, 4.69) is 0 Å². The molecule has 0 radical (unpaired) electrons. The molecule has 1 aromatic carbocycles. The number of ether oxygens (including phenoxy) is 1. The Bertz CT molecular complexity index is 489. The van der Waals surface area contributed by atoms with Gasteiger partial charge in [-0.25, -0.2) is 0 Å². The first kappa shape index (κ1) is 13.0. The number of carbonyl (C=O) groups excluding carboxylic acids is 1. The summed E-state index contributed by atoms with van der Waals surface area (Å²) < 4.78 is 5.23. The van der Waals surface area contributed by atoms with Crippen molar-refractivity contribution in [2.24, 2.45) is 5.92 Å². The number of hydrogen-bond donors (Lipinski definition) is 0. The lowest BCUT2D eigenvalue weighted by Crippen LogP contribution is -2.29. The van der Waals surface area contributed by atoms with Crippen molar-refractivity contribution in [2.45, 2.75) is 12.8 Å². The molecule has 1 atom stereocenters. The van der Waals surface area contributed by atoms with Crippen LogP contribution in [0.4, 0.5) is 5.69 Å². The molecule has 1 aliphatic rings. The molecule has 1 saturated heterocycles. The normalized spacial score (nSPS) is 19.8. The highest BCUT2D eigenvalue weighted by Gasteiger charge is 2.26. The van der Waals surface area contributed by atoms with Crippen LogP contribution in [0.5, 0.6) is 0 Å². The van der Waals surface area contributed by atoms with Gasteiger partial charge in [0.1, 0.15) is 5.78 Å². The SMILES string of the molecule is O=C1CCOCC1Cc1ccc(Cl)cc1[N+](=O)[O-]. The number of hydrogen-bond acceptors (Lipinski definition) is 4.